The van der Waals surface area contributed by atoms with Gasteiger partial charge in [0.15, 0.2) is 0 Å². The number of ether oxygens (including phenoxy) is 1. The zero-order valence-corrected chi connectivity index (χ0v) is 21.1. The quantitative estimate of drug-likeness (QED) is 0.359. The normalized spacial score (nSPS) is 16.7. The second-order valence-electron chi connectivity index (χ2n) is 8.81. The Morgan fingerprint density at radius 3 is 2.41 bits per heavy atom. The van der Waals surface area contributed by atoms with Crippen LogP contribution in [0.15, 0.2) is 60.8 Å². The van der Waals surface area contributed by atoms with Crippen LogP contribution in [0.1, 0.15) is 15.9 Å². The van der Waals surface area contributed by atoms with Crippen molar-refractivity contribution >= 4 is 32.7 Å². The number of aliphatic hydroxyl groups is 1. The number of fused-ring (bicyclic) bond motifs is 1. The Balaban J connectivity index is 1.35. The third kappa shape index (κ3) is 6.05. The van der Waals surface area contributed by atoms with Crippen LogP contribution in [0.3, 0.4) is 0 Å². The van der Waals surface area contributed by atoms with Crippen LogP contribution in [-0.4, -0.2) is 84.2 Å². The zero-order valence-electron chi connectivity index (χ0n) is 20.3. The maximum Gasteiger partial charge on any atom is 0.266 e. The molecule has 2 amide bonds. The van der Waals surface area contributed by atoms with Crippen LogP contribution in [0.2, 0.25) is 0 Å². The first kappa shape index (κ1) is 26.5. The highest BCUT2D eigenvalue weighted by Gasteiger charge is 2.43. The summed E-state index contributed by atoms with van der Waals surface area (Å²) in [6.45, 7) is 0.237. The predicted molar refractivity (Wildman–Crippen MR) is 137 cm³/mol. The van der Waals surface area contributed by atoms with Crippen LogP contribution in [0.4, 0.5) is 0 Å². The third-order valence-electron chi connectivity index (χ3n) is 6.37. The van der Waals surface area contributed by atoms with E-state index in [4.69, 9.17) is 10.5 Å². The molecule has 1 aliphatic heterocycles. The first-order chi connectivity index (χ1) is 17.6. The van der Waals surface area contributed by atoms with E-state index in [9.17, 15) is 23.1 Å². The summed E-state index contributed by atoms with van der Waals surface area (Å²) < 4.78 is 30.6. The van der Waals surface area contributed by atoms with Crippen molar-refractivity contribution in [2.75, 3.05) is 39.0 Å². The van der Waals surface area contributed by atoms with Crippen molar-refractivity contribution in [3.8, 4) is 5.75 Å². The van der Waals surface area contributed by atoms with Gasteiger partial charge in [-0.2, -0.15) is 4.31 Å². The topological polar surface area (TPSA) is 155 Å². The van der Waals surface area contributed by atoms with Gasteiger partial charge in [-0.25, -0.2) is 8.42 Å². The number of carbonyl (C=O) groups excluding carboxylic acids is 2. The van der Waals surface area contributed by atoms with Crippen LogP contribution in [0.25, 0.3) is 10.9 Å². The number of hydrogen-bond donors (Lipinski definition) is 3. The van der Waals surface area contributed by atoms with Gasteiger partial charge in [0.05, 0.1) is 18.3 Å². The van der Waals surface area contributed by atoms with Crippen molar-refractivity contribution in [3.05, 3.63) is 71.9 Å². The number of aromatic nitrogens is 1. The average Bonchev–Trinajstić information content (AvgIpc) is 2.90. The molecule has 1 fully saturated rings. The van der Waals surface area contributed by atoms with E-state index in [0.717, 1.165) is 22.7 Å². The van der Waals surface area contributed by atoms with Crippen molar-refractivity contribution in [1.29, 1.82) is 0 Å². The first-order valence-corrected chi connectivity index (χ1v) is 13.5. The maximum atomic E-state index is 12.7. The second-order valence-corrected chi connectivity index (χ2v) is 10.8. The van der Waals surface area contributed by atoms with Crippen LogP contribution in [0, 0.1) is 0 Å². The smallest absolute Gasteiger partial charge is 0.266 e. The van der Waals surface area contributed by atoms with Gasteiger partial charge in [0.2, 0.25) is 15.7 Å². The lowest BCUT2D eigenvalue weighted by Gasteiger charge is -2.41. The summed E-state index contributed by atoms with van der Waals surface area (Å²) in [7, 11) is -3.38. The molecule has 0 spiro atoms. The summed E-state index contributed by atoms with van der Waals surface area (Å²) in [5.41, 5.74) is 5.45. The number of carbonyl (C=O) groups is 2. The number of piperazine rings is 1. The lowest BCUT2D eigenvalue weighted by atomic mass is 10.1. The van der Waals surface area contributed by atoms with E-state index < -0.39 is 34.1 Å². The molecular weight excluding hydrogens is 498 g/mol. The van der Waals surface area contributed by atoms with Crippen molar-refractivity contribution in [2.24, 2.45) is 5.73 Å². The molecule has 3 aromatic rings. The Bertz CT molecular complexity index is 1380. The van der Waals surface area contributed by atoms with Crippen LogP contribution < -0.4 is 15.8 Å². The van der Waals surface area contributed by atoms with E-state index in [2.05, 4.69) is 10.3 Å². The fourth-order valence-corrected chi connectivity index (χ4v) is 5.02. The molecule has 0 unspecified atom stereocenters. The monoisotopic (exact) mass is 527 g/mol. The van der Waals surface area contributed by atoms with Gasteiger partial charge in [0, 0.05) is 48.9 Å². The molecule has 11 nitrogen and oxygen atoms in total. The molecule has 196 valence electrons. The number of amides is 2. The van der Waals surface area contributed by atoms with Crippen LogP contribution >= 0.6 is 0 Å². The van der Waals surface area contributed by atoms with Gasteiger partial charge >= 0.3 is 0 Å². The molecule has 1 aromatic heterocycles. The lowest BCUT2D eigenvalue weighted by Crippen LogP contribution is -2.67. The first-order valence-electron chi connectivity index (χ1n) is 11.6. The van der Waals surface area contributed by atoms with Crippen molar-refractivity contribution in [1.82, 2.24) is 19.5 Å². The number of benzene rings is 2. The SMILES string of the molecule is CS(=O)(=O)N1CCN([C@](O)(CNC(=O)c2ccc(OCc3ccnc4ccccc34)cc2)C(N)=O)CC1. The number of para-hydroxylation sites is 1. The molecule has 1 saturated heterocycles. The fourth-order valence-electron chi connectivity index (χ4n) is 4.19. The number of rotatable bonds is 9. The number of pyridine rings is 1. The van der Waals surface area contributed by atoms with E-state index >= 15 is 0 Å². The van der Waals surface area contributed by atoms with Crippen LogP contribution in [-0.2, 0) is 21.4 Å². The summed E-state index contributed by atoms with van der Waals surface area (Å²) in [5.74, 6) is -0.982. The number of hydrogen-bond acceptors (Lipinski definition) is 8. The Kier molecular flexibility index (Phi) is 7.73. The number of nitrogens with one attached hydrogen (secondary N) is 1. The van der Waals surface area contributed by atoms with Crippen molar-refractivity contribution < 1.29 is 27.9 Å². The minimum Gasteiger partial charge on any atom is -0.489 e. The number of sulfonamides is 1. The molecule has 1 aliphatic rings. The number of primary amides is 1. The summed E-state index contributed by atoms with van der Waals surface area (Å²) in [6, 6.07) is 16.1. The van der Waals surface area contributed by atoms with E-state index in [0.29, 0.717) is 17.9 Å². The van der Waals surface area contributed by atoms with Crippen LogP contribution in [0.5, 0.6) is 5.75 Å². The highest BCUT2D eigenvalue weighted by molar-refractivity contribution is 7.88. The van der Waals surface area contributed by atoms with E-state index in [1.807, 2.05) is 30.3 Å². The lowest BCUT2D eigenvalue weighted by molar-refractivity contribution is -0.161. The number of nitrogens with two attached hydrogens (primary N) is 1. The molecule has 2 heterocycles. The molecule has 37 heavy (non-hydrogen) atoms. The fraction of sp³-hybridized carbons (Fsp3) is 0.320. The Labute approximate surface area is 214 Å². The predicted octanol–water partition coefficient (Wildman–Crippen LogP) is 0.295. The standard InChI is InChI=1S/C25H29N5O6S/c1-37(34,35)30-14-12-29(13-15-30)25(33,24(26)32)17-28-23(31)18-6-8-20(9-7-18)36-16-19-10-11-27-22-5-3-2-4-21(19)22/h2-11,33H,12-17H2,1H3,(H2,26,32)(H,28,31)/t25-/m0/s1. The molecular formula is C25H29N5O6S. The zero-order chi connectivity index (χ0) is 26.6. The van der Waals surface area contributed by atoms with Gasteiger partial charge in [0.1, 0.15) is 12.4 Å². The summed E-state index contributed by atoms with van der Waals surface area (Å²) in [4.78, 5) is 30.5. The largest absolute Gasteiger partial charge is 0.489 e. The molecule has 4 N–H and O–H groups in total. The Morgan fingerprint density at radius 2 is 1.76 bits per heavy atom. The summed E-state index contributed by atoms with van der Waals surface area (Å²) in [5, 5.41) is 14.5. The highest BCUT2D eigenvalue weighted by atomic mass is 32.2. The van der Waals surface area contributed by atoms with Crippen molar-refractivity contribution in [3.63, 3.8) is 0 Å². The Morgan fingerprint density at radius 1 is 1.08 bits per heavy atom. The van der Waals surface area contributed by atoms with Gasteiger partial charge < -0.3 is 20.9 Å². The molecule has 4 rings (SSSR count). The molecule has 2 aromatic carbocycles. The van der Waals surface area contributed by atoms with Gasteiger partial charge in [-0.15, -0.1) is 0 Å². The van der Waals surface area contributed by atoms with Gasteiger partial charge in [-0.1, -0.05) is 18.2 Å². The summed E-state index contributed by atoms with van der Waals surface area (Å²) in [6.07, 6.45) is 2.83. The van der Waals surface area contributed by atoms with E-state index in [-0.39, 0.29) is 26.2 Å². The van der Waals surface area contributed by atoms with E-state index in [1.54, 1.807) is 30.5 Å². The second kappa shape index (κ2) is 10.8. The molecule has 0 bridgehead atoms. The minimum atomic E-state index is -3.38. The van der Waals surface area contributed by atoms with Gasteiger partial charge in [-0.05, 0) is 36.4 Å². The van der Waals surface area contributed by atoms with Gasteiger partial charge in [0.25, 0.3) is 11.8 Å². The average molecular weight is 528 g/mol. The molecule has 0 aliphatic carbocycles. The summed E-state index contributed by atoms with van der Waals surface area (Å²) >= 11 is 0. The Hall–Kier alpha value is -3.58. The maximum absolute atomic E-state index is 12.7. The van der Waals surface area contributed by atoms with Gasteiger partial charge in [-0.3, -0.25) is 19.5 Å². The molecule has 0 radical (unpaired) electrons. The molecule has 1 atom stereocenters. The third-order valence-corrected chi connectivity index (χ3v) is 7.67. The molecule has 0 saturated carbocycles. The van der Waals surface area contributed by atoms with Crippen molar-refractivity contribution in [2.45, 2.75) is 12.3 Å². The highest BCUT2D eigenvalue weighted by Crippen LogP contribution is 2.20. The minimum absolute atomic E-state index is 0.0845. The van der Waals surface area contributed by atoms with E-state index in [1.165, 1.54) is 9.21 Å². The molecule has 12 heteroatoms. The number of nitrogens with zero attached hydrogens (tertiary/aromatic N) is 3.